The third kappa shape index (κ3) is 6.47. The van der Waals surface area contributed by atoms with Gasteiger partial charge in [-0.15, -0.1) is 0 Å². The Labute approximate surface area is 189 Å². The number of alkyl carbamates (subject to hydrolysis) is 1. The van der Waals surface area contributed by atoms with Crippen molar-refractivity contribution in [2.75, 3.05) is 13.2 Å². The van der Waals surface area contributed by atoms with Crippen LogP contribution in [0.15, 0.2) is 60.7 Å². The van der Waals surface area contributed by atoms with E-state index in [2.05, 4.69) is 5.32 Å². The number of aliphatic hydroxyl groups excluding tert-OH is 1. The molecule has 2 amide bonds. The largest absolute Gasteiger partial charge is 0.445 e. The molecular formula is C25H32N2O5. The fourth-order valence-electron chi connectivity index (χ4n) is 3.95. The molecule has 2 N–H and O–H groups in total. The minimum absolute atomic E-state index is 0.101. The summed E-state index contributed by atoms with van der Waals surface area (Å²) in [5, 5.41) is 12.8. The summed E-state index contributed by atoms with van der Waals surface area (Å²) in [6.45, 7) is 5.77. The van der Waals surface area contributed by atoms with Gasteiger partial charge in [-0.1, -0.05) is 60.7 Å². The second-order valence-corrected chi connectivity index (χ2v) is 9.09. The first kappa shape index (κ1) is 23.6. The van der Waals surface area contributed by atoms with E-state index < -0.39 is 29.9 Å². The Morgan fingerprint density at radius 1 is 1.06 bits per heavy atom. The molecular weight excluding hydrogens is 408 g/mol. The molecule has 0 aliphatic carbocycles. The minimum atomic E-state index is -0.647. The third-order valence-corrected chi connectivity index (χ3v) is 5.30. The van der Waals surface area contributed by atoms with Crippen molar-refractivity contribution >= 4 is 12.2 Å². The monoisotopic (exact) mass is 440 g/mol. The summed E-state index contributed by atoms with van der Waals surface area (Å²) in [6, 6.07) is 18.1. The van der Waals surface area contributed by atoms with Crippen molar-refractivity contribution in [3.63, 3.8) is 0 Å². The summed E-state index contributed by atoms with van der Waals surface area (Å²) in [4.78, 5) is 27.3. The average Bonchev–Trinajstić information content (AvgIpc) is 2.77. The van der Waals surface area contributed by atoms with Crippen molar-refractivity contribution in [3.8, 4) is 0 Å². The van der Waals surface area contributed by atoms with E-state index in [4.69, 9.17) is 9.47 Å². The smallest absolute Gasteiger partial charge is 0.410 e. The van der Waals surface area contributed by atoms with Crippen LogP contribution in [-0.2, 0) is 16.1 Å². The Morgan fingerprint density at radius 2 is 1.69 bits per heavy atom. The van der Waals surface area contributed by atoms with Gasteiger partial charge in [-0.25, -0.2) is 9.59 Å². The van der Waals surface area contributed by atoms with E-state index in [1.54, 1.807) is 25.7 Å². The highest BCUT2D eigenvalue weighted by atomic mass is 16.6. The molecule has 0 aromatic heterocycles. The number of ether oxygens (including phenoxy) is 2. The van der Waals surface area contributed by atoms with Gasteiger partial charge in [0.15, 0.2) is 0 Å². The molecule has 1 aliphatic heterocycles. The maximum absolute atomic E-state index is 13.2. The molecule has 7 heteroatoms. The van der Waals surface area contributed by atoms with Crippen molar-refractivity contribution in [2.24, 2.45) is 5.92 Å². The van der Waals surface area contributed by atoms with E-state index in [0.717, 1.165) is 11.1 Å². The number of nitrogens with zero attached hydrogens (tertiary/aromatic N) is 1. The Morgan fingerprint density at radius 3 is 2.28 bits per heavy atom. The summed E-state index contributed by atoms with van der Waals surface area (Å²) in [7, 11) is 0. The number of benzene rings is 2. The molecule has 1 fully saturated rings. The van der Waals surface area contributed by atoms with Crippen LogP contribution in [0.1, 0.15) is 44.4 Å². The summed E-state index contributed by atoms with van der Waals surface area (Å²) < 4.78 is 11.1. The third-order valence-electron chi connectivity index (χ3n) is 5.30. The van der Waals surface area contributed by atoms with Gasteiger partial charge in [-0.2, -0.15) is 0 Å². The van der Waals surface area contributed by atoms with Crippen molar-refractivity contribution in [1.29, 1.82) is 0 Å². The molecule has 172 valence electrons. The zero-order chi connectivity index (χ0) is 23.1. The lowest BCUT2D eigenvalue weighted by Crippen LogP contribution is -2.55. The number of likely N-dealkylation sites (tertiary alicyclic amines) is 1. The van der Waals surface area contributed by atoms with Crippen molar-refractivity contribution in [3.05, 3.63) is 71.8 Å². The van der Waals surface area contributed by atoms with Crippen LogP contribution < -0.4 is 5.32 Å². The quantitative estimate of drug-likeness (QED) is 0.725. The Kier molecular flexibility index (Phi) is 7.75. The van der Waals surface area contributed by atoms with Crippen LogP contribution in [0.5, 0.6) is 0 Å². The first-order valence-electron chi connectivity index (χ1n) is 10.9. The molecule has 1 aliphatic rings. The van der Waals surface area contributed by atoms with Crippen molar-refractivity contribution in [2.45, 2.75) is 51.5 Å². The lowest BCUT2D eigenvalue weighted by Gasteiger charge is -2.44. The fraction of sp³-hybridized carbons (Fsp3) is 0.440. The average molecular weight is 441 g/mol. The topological polar surface area (TPSA) is 88.1 Å². The second kappa shape index (κ2) is 10.5. The number of hydrogen-bond donors (Lipinski definition) is 2. The van der Waals surface area contributed by atoms with Crippen LogP contribution in [0.2, 0.25) is 0 Å². The van der Waals surface area contributed by atoms with E-state index in [9.17, 15) is 14.7 Å². The number of aliphatic hydroxyl groups is 1. The predicted octanol–water partition coefficient (Wildman–Crippen LogP) is 4.27. The Hall–Kier alpha value is -3.06. The fourth-order valence-corrected chi connectivity index (χ4v) is 3.95. The molecule has 0 bridgehead atoms. The van der Waals surface area contributed by atoms with Crippen LogP contribution in [0.25, 0.3) is 0 Å². The minimum Gasteiger partial charge on any atom is -0.445 e. The molecule has 1 saturated heterocycles. The first-order valence-corrected chi connectivity index (χ1v) is 10.9. The number of carbonyl (C=O) groups excluding carboxylic acids is 2. The standard InChI is InChI=1S/C25H32N2O5/c1-25(2,3)32-23(29)26-21-14-19(16-28)15-27(22(21)20-12-8-5-9-13-20)24(30)31-17-18-10-6-4-7-11-18/h4-13,19,21-22,28H,14-17H2,1-3H3,(H,26,29)/t19-,21+,22+/m1/s1. The lowest BCUT2D eigenvalue weighted by atomic mass is 9.85. The van der Waals surface area contributed by atoms with Gasteiger partial charge in [-0.3, -0.25) is 4.90 Å². The molecule has 3 atom stereocenters. The number of nitrogens with one attached hydrogen (secondary N) is 1. The number of amides is 2. The van der Waals surface area contributed by atoms with Crippen molar-refractivity contribution < 1.29 is 24.2 Å². The molecule has 32 heavy (non-hydrogen) atoms. The highest BCUT2D eigenvalue weighted by Crippen LogP contribution is 2.34. The number of piperidine rings is 1. The molecule has 7 nitrogen and oxygen atoms in total. The van der Waals surface area contributed by atoms with Gasteiger partial charge in [0.1, 0.15) is 12.2 Å². The zero-order valence-electron chi connectivity index (χ0n) is 18.9. The van der Waals surface area contributed by atoms with Crippen LogP contribution in [-0.4, -0.2) is 47.0 Å². The second-order valence-electron chi connectivity index (χ2n) is 9.09. The summed E-state index contributed by atoms with van der Waals surface area (Å²) in [5.74, 6) is -0.195. The van der Waals surface area contributed by atoms with E-state index in [-0.39, 0.29) is 19.1 Å². The molecule has 0 radical (unpaired) electrons. The molecule has 2 aromatic carbocycles. The number of carbonyl (C=O) groups is 2. The van der Waals surface area contributed by atoms with E-state index in [1.807, 2.05) is 60.7 Å². The summed E-state index contributed by atoms with van der Waals surface area (Å²) >= 11 is 0. The van der Waals surface area contributed by atoms with Crippen LogP contribution in [0.3, 0.4) is 0 Å². The lowest BCUT2D eigenvalue weighted by molar-refractivity contribution is 0.0164. The predicted molar refractivity (Wildman–Crippen MR) is 121 cm³/mol. The van der Waals surface area contributed by atoms with Gasteiger partial charge in [0.05, 0.1) is 12.1 Å². The number of rotatable bonds is 5. The maximum Gasteiger partial charge on any atom is 0.410 e. The van der Waals surface area contributed by atoms with Crippen LogP contribution >= 0.6 is 0 Å². The highest BCUT2D eigenvalue weighted by Gasteiger charge is 2.41. The number of hydrogen-bond acceptors (Lipinski definition) is 5. The van der Waals surface area contributed by atoms with Crippen molar-refractivity contribution in [1.82, 2.24) is 10.2 Å². The SMILES string of the molecule is CC(C)(C)OC(=O)N[C@H]1C[C@@H](CO)CN(C(=O)OCc2ccccc2)[C@H]1c1ccccc1. The highest BCUT2D eigenvalue weighted by molar-refractivity contribution is 5.71. The molecule has 2 aromatic rings. The van der Waals surface area contributed by atoms with Gasteiger partial charge < -0.3 is 19.9 Å². The Balaban J connectivity index is 1.84. The van der Waals surface area contributed by atoms with Crippen LogP contribution in [0.4, 0.5) is 9.59 Å². The van der Waals surface area contributed by atoms with Gasteiger partial charge in [-0.05, 0) is 38.3 Å². The maximum atomic E-state index is 13.2. The first-order chi connectivity index (χ1) is 15.3. The summed E-state index contributed by atoms with van der Waals surface area (Å²) in [5.41, 5.74) is 1.11. The van der Waals surface area contributed by atoms with E-state index in [0.29, 0.717) is 13.0 Å². The molecule has 0 spiro atoms. The van der Waals surface area contributed by atoms with E-state index in [1.165, 1.54) is 0 Å². The zero-order valence-corrected chi connectivity index (χ0v) is 18.9. The summed E-state index contributed by atoms with van der Waals surface area (Å²) in [6.07, 6.45) is -0.533. The van der Waals surface area contributed by atoms with Crippen LogP contribution in [0, 0.1) is 5.92 Å². The molecule has 0 unspecified atom stereocenters. The van der Waals surface area contributed by atoms with Gasteiger partial charge in [0.2, 0.25) is 0 Å². The molecule has 0 saturated carbocycles. The molecule has 3 rings (SSSR count). The van der Waals surface area contributed by atoms with Gasteiger partial charge in [0.25, 0.3) is 0 Å². The van der Waals surface area contributed by atoms with Gasteiger partial charge >= 0.3 is 12.2 Å². The van der Waals surface area contributed by atoms with E-state index >= 15 is 0 Å². The van der Waals surface area contributed by atoms with Gasteiger partial charge in [0, 0.05) is 19.1 Å². The molecule has 1 heterocycles. The normalized spacial score (nSPS) is 21.0. The Bertz CT molecular complexity index is 882.